The van der Waals surface area contributed by atoms with E-state index in [9.17, 15) is 9.90 Å². The number of methoxy groups -OCH3 is 4. The molecule has 0 saturated carbocycles. The maximum Gasteiger partial charge on any atom is 0.329 e. The number of fused-ring (bicyclic) bond motifs is 4. The number of benzene rings is 6. The van der Waals surface area contributed by atoms with E-state index in [1.54, 1.807) is 81.5 Å². The molecular formula is C62H60N4O12. The molecule has 6 aromatic rings. The molecule has 0 bridgehead atoms. The first kappa shape index (κ1) is 52.8. The van der Waals surface area contributed by atoms with Crippen LogP contribution in [-0.2, 0) is 47.0 Å². The SMILES string of the molecule is COC(=O)[C@@H](NC(=O)N1C(=O)[C@@]2(c3cc(C#Cc4ccc(OC)cc4)ccc31)[C@H](c1cccc(OCCO)c1)N1[C@H](c3ccccc3)[C@H](c3ccccc3)OC(=O)[C@H]1[C@@H]2C(=O)N1CCc2cc(OC)c(OC)cc2C1)C(C)C. The summed E-state index contributed by atoms with van der Waals surface area (Å²) in [6.45, 7) is 3.39. The summed E-state index contributed by atoms with van der Waals surface area (Å²) in [6.07, 6.45) is -0.585. The van der Waals surface area contributed by atoms with Crippen molar-refractivity contribution in [3.8, 4) is 34.8 Å². The predicted octanol–water partition coefficient (Wildman–Crippen LogP) is 7.64. The van der Waals surface area contributed by atoms with Crippen LogP contribution in [0.25, 0.3) is 0 Å². The van der Waals surface area contributed by atoms with Crippen molar-refractivity contribution in [1.29, 1.82) is 0 Å². The van der Waals surface area contributed by atoms with E-state index in [0.29, 0.717) is 51.7 Å². The number of hydrogen-bond donors (Lipinski definition) is 2. The summed E-state index contributed by atoms with van der Waals surface area (Å²) in [5.74, 6) is 3.53. The van der Waals surface area contributed by atoms with Gasteiger partial charge in [0.15, 0.2) is 11.5 Å². The average Bonchev–Trinajstić information content (AvgIpc) is 3.23. The van der Waals surface area contributed by atoms with Crippen molar-refractivity contribution >= 4 is 35.5 Å². The number of carbonyl (C=O) groups excluding carboxylic acids is 5. The van der Waals surface area contributed by atoms with Gasteiger partial charge in [0, 0.05) is 24.2 Å². The molecule has 0 aromatic heterocycles. The number of imide groups is 1. The molecule has 4 amide bonds. The molecule has 16 nitrogen and oxygen atoms in total. The van der Waals surface area contributed by atoms with E-state index in [2.05, 4.69) is 17.2 Å². The Hall–Kier alpha value is -8.65. The summed E-state index contributed by atoms with van der Waals surface area (Å²) >= 11 is 0. The fourth-order valence-corrected chi connectivity index (χ4v) is 11.8. The van der Waals surface area contributed by atoms with Gasteiger partial charge in [-0.1, -0.05) is 98.5 Å². The molecule has 7 atom stereocenters. The number of amides is 4. The number of anilines is 1. The van der Waals surface area contributed by atoms with Gasteiger partial charge in [-0.25, -0.2) is 14.5 Å². The van der Waals surface area contributed by atoms with E-state index in [4.69, 9.17) is 28.4 Å². The van der Waals surface area contributed by atoms with Gasteiger partial charge in [-0.05, 0) is 112 Å². The van der Waals surface area contributed by atoms with Crippen LogP contribution in [0.2, 0.25) is 0 Å². The van der Waals surface area contributed by atoms with E-state index >= 15 is 19.2 Å². The average molecular weight is 1050 g/mol. The molecule has 400 valence electrons. The van der Waals surface area contributed by atoms with Crippen molar-refractivity contribution in [2.24, 2.45) is 11.8 Å². The molecule has 4 aliphatic heterocycles. The monoisotopic (exact) mass is 1050 g/mol. The second-order valence-electron chi connectivity index (χ2n) is 19.9. The third-order valence-corrected chi connectivity index (χ3v) is 15.3. The van der Waals surface area contributed by atoms with Gasteiger partial charge in [-0.15, -0.1) is 0 Å². The van der Waals surface area contributed by atoms with Crippen molar-refractivity contribution in [2.45, 2.75) is 62.5 Å². The lowest BCUT2D eigenvalue weighted by atomic mass is 9.64. The lowest BCUT2D eigenvalue weighted by Crippen LogP contribution is -2.58. The van der Waals surface area contributed by atoms with Crippen LogP contribution in [0.3, 0.4) is 0 Å². The molecule has 78 heavy (non-hydrogen) atoms. The number of aliphatic hydroxyl groups excluding tert-OH is 1. The topological polar surface area (TPSA) is 183 Å². The van der Waals surface area contributed by atoms with Crippen LogP contribution in [0.15, 0.2) is 140 Å². The van der Waals surface area contributed by atoms with Gasteiger partial charge in [0.1, 0.15) is 41.7 Å². The highest BCUT2D eigenvalue weighted by molar-refractivity contribution is 6.25. The van der Waals surface area contributed by atoms with Crippen LogP contribution in [0.5, 0.6) is 23.0 Å². The Morgan fingerprint density at radius 3 is 2.04 bits per heavy atom. The standard InChI is InChI=1S/C62H60N4O12/c1-37(2)52(58(69)76-6)63-61(72)65-48-27-24-39(21-20-38-22-25-45(73-3)26-23-38)32-47(48)62(60(65)71)51(57(68)64-29-28-42-34-49(74-4)50(75-5)35-44(42)36-64)54-59(70)78-55(41-16-11-8-12-17-41)53(40-14-9-7-10-15-40)66(54)56(62)43-18-13-19-46(33-43)77-31-30-67/h7-19,22-27,32-35,37,51-56,67H,28-31,36H2,1-6H3,(H,63,72)/t51-,52+,53-,54-,55+,56+,62-/m1/s1. The molecule has 2 saturated heterocycles. The minimum Gasteiger partial charge on any atom is -0.497 e. The lowest BCUT2D eigenvalue weighted by molar-refractivity contribution is -0.179. The number of urea groups is 1. The third-order valence-electron chi connectivity index (χ3n) is 15.3. The predicted molar refractivity (Wildman–Crippen MR) is 288 cm³/mol. The van der Waals surface area contributed by atoms with E-state index < -0.39 is 77.3 Å². The third kappa shape index (κ3) is 9.32. The van der Waals surface area contributed by atoms with Crippen LogP contribution in [0.1, 0.15) is 76.5 Å². The zero-order chi connectivity index (χ0) is 54.8. The van der Waals surface area contributed by atoms with Crippen LogP contribution in [0, 0.1) is 23.7 Å². The van der Waals surface area contributed by atoms with Gasteiger partial charge in [0.25, 0.3) is 0 Å². The highest BCUT2D eigenvalue weighted by Gasteiger charge is 2.76. The molecule has 6 aromatic carbocycles. The number of carbonyl (C=O) groups is 5. The Kier molecular flexibility index (Phi) is 15.0. The lowest BCUT2D eigenvalue weighted by Gasteiger charge is -2.46. The van der Waals surface area contributed by atoms with E-state index in [0.717, 1.165) is 21.6 Å². The van der Waals surface area contributed by atoms with Gasteiger partial charge in [0.05, 0.1) is 58.7 Å². The van der Waals surface area contributed by atoms with Gasteiger partial charge in [-0.3, -0.25) is 19.3 Å². The number of ether oxygens (including phenoxy) is 6. The Morgan fingerprint density at radius 1 is 0.731 bits per heavy atom. The molecule has 2 N–H and O–H groups in total. The molecule has 1 spiro atoms. The molecule has 4 heterocycles. The number of morpholine rings is 1. The Labute approximate surface area is 452 Å². The maximum absolute atomic E-state index is 17.1. The largest absolute Gasteiger partial charge is 0.497 e. The first-order chi connectivity index (χ1) is 37.9. The van der Waals surface area contributed by atoms with Gasteiger partial charge in [0.2, 0.25) is 11.8 Å². The first-order valence-corrected chi connectivity index (χ1v) is 25.8. The second kappa shape index (κ2) is 22.1. The molecule has 4 aliphatic rings. The minimum absolute atomic E-state index is 0.0575. The number of hydrogen-bond acceptors (Lipinski definition) is 13. The highest BCUT2D eigenvalue weighted by atomic mass is 16.6. The van der Waals surface area contributed by atoms with Crippen molar-refractivity contribution in [2.75, 3.05) is 53.1 Å². The Morgan fingerprint density at radius 2 is 1.38 bits per heavy atom. The number of esters is 2. The zero-order valence-corrected chi connectivity index (χ0v) is 44.1. The Balaban J connectivity index is 1.28. The van der Waals surface area contributed by atoms with E-state index in [-0.39, 0.29) is 37.6 Å². The molecule has 16 heteroatoms. The maximum atomic E-state index is 17.1. The Bertz CT molecular complexity index is 3320. The van der Waals surface area contributed by atoms with Crippen molar-refractivity contribution < 1.29 is 57.5 Å². The normalized spacial score (nSPS) is 21.6. The van der Waals surface area contributed by atoms with Gasteiger partial charge < -0.3 is 43.7 Å². The zero-order valence-electron chi connectivity index (χ0n) is 44.1. The van der Waals surface area contributed by atoms with Crippen LogP contribution >= 0.6 is 0 Å². The summed E-state index contributed by atoms with van der Waals surface area (Å²) in [5.41, 5.74) is 2.83. The number of nitrogens with one attached hydrogen (secondary N) is 1. The number of rotatable bonds is 13. The molecule has 0 unspecified atom stereocenters. The van der Waals surface area contributed by atoms with Crippen LogP contribution in [0.4, 0.5) is 10.5 Å². The molecular weight excluding hydrogens is 993 g/mol. The quantitative estimate of drug-likeness (QED) is 0.0851. The summed E-state index contributed by atoms with van der Waals surface area (Å²) in [7, 11) is 5.88. The molecule has 0 radical (unpaired) electrons. The number of nitrogens with zero attached hydrogens (tertiary/aromatic N) is 3. The summed E-state index contributed by atoms with van der Waals surface area (Å²) in [6, 6.07) is 36.1. The van der Waals surface area contributed by atoms with Gasteiger partial charge in [-0.2, -0.15) is 0 Å². The first-order valence-electron chi connectivity index (χ1n) is 25.8. The second-order valence-corrected chi connectivity index (χ2v) is 19.9. The van der Waals surface area contributed by atoms with Crippen molar-refractivity contribution in [1.82, 2.24) is 15.1 Å². The number of aliphatic hydroxyl groups is 1. The minimum atomic E-state index is -2.16. The fraction of sp³-hybridized carbons (Fsp3) is 0.306. The summed E-state index contributed by atoms with van der Waals surface area (Å²) in [5, 5.41) is 12.8. The van der Waals surface area contributed by atoms with Gasteiger partial charge >= 0.3 is 18.0 Å². The molecule has 0 aliphatic carbocycles. The summed E-state index contributed by atoms with van der Waals surface area (Å²) in [4.78, 5) is 83.0. The van der Waals surface area contributed by atoms with E-state index in [1.807, 2.05) is 95.9 Å². The highest BCUT2D eigenvalue weighted by Crippen LogP contribution is 2.66. The summed E-state index contributed by atoms with van der Waals surface area (Å²) < 4.78 is 34.7. The van der Waals surface area contributed by atoms with Crippen LogP contribution < -0.4 is 29.2 Å². The van der Waals surface area contributed by atoms with E-state index in [1.165, 1.54) is 14.2 Å². The van der Waals surface area contributed by atoms with Crippen LogP contribution in [-0.4, -0.2) is 105 Å². The van der Waals surface area contributed by atoms with Crippen molar-refractivity contribution in [3.05, 3.63) is 184 Å². The molecule has 2 fully saturated rings. The molecule has 10 rings (SSSR count). The number of cyclic esters (lactones) is 1. The van der Waals surface area contributed by atoms with Crippen molar-refractivity contribution in [3.63, 3.8) is 0 Å². The smallest absolute Gasteiger partial charge is 0.329 e. The fourth-order valence-electron chi connectivity index (χ4n) is 11.8.